The molecule has 7 nitrogen and oxygen atoms in total. The zero-order valence-corrected chi connectivity index (χ0v) is 17.2. The number of fused-ring (bicyclic) bond motifs is 1. The Hall–Kier alpha value is -3.43. The summed E-state index contributed by atoms with van der Waals surface area (Å²) < 4.78 is 5.62. The topological polar surface area (TPSA) is 100.0 Å². The molecule has 2 heterocycles. The monoisotopic (exact) mass is 438 g/mol. The van der Waals surface area contributed by atoms with Crippen LogP contribution in [0.5, 0.6) is 11.5 Å². The van der Waals surface area contributed by atoms with Crippen LogP contribution in [0, 0.1) is 0 Å². The van der Waals surface area contributed by atoms with E-state index < -0.39 is 11.7 Å². The number of hydrogen-bond acceptors (Lipinski definition) is 7. The van der Waals surface area contributed by atoms with E-state index in [4.69, 9.17) is 22.1 Å². The molecule has 0 spiro atoms. The van der Waals surface area contributed by atoms with Gasteiger partial charge in [-0.1, -0.05) is 42.2 Å². The molecule has 2 N–H and O–H groups in total. The summed E-state index contributed by atoms with van der Waals surface area (Å²) in [6.07, 6.45) is 1.64. The largest absolute Gasteiger partial charge is 0.507 e. The maximum Gasteiger partial charge on any atom is 0.339 e. The highest BCUT2D eigenvalue weighted by molar-refractivity contribution is 8.27. The Bertz CT molecular complexity index is 1260. The highest BCUT2D eigenvalue weighted by Crippen LogP contribution is 2.37. The maximum absolute atomic E-state index is 12.9. The first-order valence-corrected chi connectivity index (χ1v) is 9.89. The van der Waals surface area contributed by atoms with Gasteiger partial charge in [0.1, 0.15) is 22.6 Å². The molecule has 0 radical (unpaired) electrons. The molecule has 0 atom stereocenters. The number of thiocarbonyl (C=S) groups is 1. The molecular weight excluding hydrogens is 424 g/mol. The van der Waals surface area contributed by atoms with Crippen LogP contribution in [-0.4, -0.2) is 38.5 Å². The Kier molecular flexibility index (Phi) is 5.15. The van der Waals surface area contributed by atoms with Gasteiger partial charge in [-0.25, -0.2) is 9.78 Å². The number of ether oxygens (including phenoxy) is 1. The summed E-state index contributed by atoms with van der Waals surface area (Å²) in [5.74, 6) is -1.46. The predicted octanol–water partition coefficient (Wildman–Crippen LogP) is 4.05. The summed E-state index contributed by atoms with van der Waals surface area (Å²) in [5.41, 5.74) is 1.28. The van der Waals surface area contributed by atoms with Crippen LogP contribution in [0.2, 0.25) is 0 Å². The van der Waals surface area contributed by atoms with Crippen molar-refractivity contribution in [3.8, 4) is 11.5 Å². The molecule has 1 amide bonds. The number of aromatic nitrogens is 1. The van der Waals surface area contributed by atoms with Crippen molar-refractivity contribution >= 4 is 62.8 Å². The first kappa shape index (κ1) is 19.9. The van der Waals surface area contributed by atoms with Crippen molar-refractivity contribution in [2.75, 3.05) is 12.0 Å². The van der Waals surface area contributed by atoms with Gasteiger partial charge in [-0.3, -0.25) is 9.69 Å². The summed E-state index contributed by atoms with van der Waals surface area (Å²) >= 11 is 6.43. The van der Waals surface area contributed by atoms with E-state index in [0.29, 0.717) is 21.9 Å². The molecule has 0 unspecified atom stereocenters. The van der Waals surface area contributed by atoms with Crippen LogP contribution in [0.4, 0.5) is 5.69 Å². The number of thioether (sulfide) groups is 1. The smallest absolute Gasteiger partial charge is 0.339 e. The third-order valence-corrected chi connectivity index (χ3v) is 5.77. The van der Waals surface area contributed by atoms with E-state index in [2.05, 4.69) is 4.98 Å². The van der Waals surface area contributed by atoms with Gasteiger partial charge in [-0.05, 0) is 30.3 Å². The Balaban J connectivity index is 1.69. The lowest BCUT2D eigenvalue weighted by Crippen LogP contribution is -2.27. The predicted molar refractivity (Wildman–Crippen MR) is 119 cm³/mol. The van der Waals surface area contributed by atoms with E-state index in [9.17, 15) is 14.7 Å². The number of carboxylic acid groups (broad SMARTS) is 1. The van der Waals surface area contributed by atoms with Gasteiger partial charge < -0.3 is 14.9 Å². The minimum Gasteiger partial charge on any atom is -0.507 e. The fraction of sp³-hybridized carbons (Fsp3) is 0.0476. The lowest BCUT2D eigenvalue weighted by atomic mass is 10.1. The Morgan fingerprint density at radius 1 is 1.23 bits per heavy atom. The Morgan fingerprint density at radius 2 is 2.03 bits per heavy atom. The fourth-order valence-corrected chi connectivity index (χ4v) is 4.33. The molecule has 2 aromatic carbocycles. The van der Waals surface area contributed by atoms with Crippen LogP contribution in [0.3, 0.4) is 0 Å². The van der Waals surface area contributed by atoms with Crippen LogP contribution in [0.25, 0.3) is 17.0 Å². The van der Waals surface area contributed by atoms with E-state index in [1.54, 1.807) is 19.3 Å². The average molecular weight is 438 g/mol. The molecule has 1 aliphatic heterocycles. The van der Waals surface area contributed by atoms with E-state index in [1.807, 2.05) is 24.3 Å². The zero-order chi connectivity index (χ0) is 21.4. The van der Waals surface area contributed by atoms with Gasteiger partial charge in [-0.15, -0.1) is 0 Å². The summed E-state index contributed by atoms with van der Waals surface area (Å²) in [6, 6.07) is 13.1. The fourth-order valence-electron chi connectivity index (χ4n) is 3.04. The van der Waals surface area contributed by atoms with Gasteiger partial charge in [0.25, 0.3) is 5.91 Å². The van der Waals surface area contributed by atoms with Gasteiger partial charge in [0.05, 0.1) is 23.4 Å². The van der Waals surface area contributed by atoms with Crippen LogP contribution < -0.4 is 9.64 Å². The zero-order valence-electron chi connectivity index (χ0n) is 15.5. The minimum atomic E-state index is -1.26. The molecule has 0 bridgehead atoms. The molecule has 1 fully saturated rings. The van der Waals surface area contributed by atoms with E-state index in [0.717, 1.165) is 17.1 Å². The Morgan fingerprint density at radius 3 is 2.73 bits per heavy atom. The number of aromatic carboxylic acids is 1. The van der Waals surface area contributed by atoms with Gasteiger partial charge in [0, 0.05) is 11.5 Å². The van der Waals surface area contributed by atoms with Gasteiger partial charge in [0.15, 0.2) is 4.32 Å². The van der Waals surface area contributed by atoms with E-state index in [-0.39, 0.29) is 21.5 Å². The molecule has 1 aromatic heterocycles. The van der Waals surface area contributed by atoms with Crippen molar-refractivity contribution in [3.63, 3.8) is 0 Å². The molecule has 1 aliphatic rings. The third kappa shape index (κ3) is 3.49. The molecule has 1 saturated heterocycles. The second kappa shape index (κ2) is 7.77. The summed E-state index contributed by atoms with van der Waals surface area (Å²) in [7, 11) is 1.57. The number of methoxy groups -OCH3 is 1. The first-order chi connectivity index (χ1) is 14.4. The lowest BCUT2D eigenvalue weighted by molar-refractivity contribution is -0.113. The number of para-hydroxylation sites is 1. The number of carbonyl (C=O) groups is 2. The Labute approximate surface area is 180 Å². The second-order valence-electron chi connectivity index (χ2n) is 6.29. The number of aromatic hydroxyl groups is 1. The van der Waals surface area contributed by atoms with Gasteiger partial charge in [0.2, 0.25) is 0 Å². The number of anilines is 1. The standard InChI is InChI=1S/C21H14N2O5S2/c1-28-16-4-2-3-11-5-6-12(22-18(11)16)9-17-19(25)23(21(29)30-17)13-7-8-14(20(26)27)15(24)10-13/h2-10,24H,1H3,(H,26,27). The molecule has 3 aromatic rings. The first-order valence-electron chi connectivity index (χ1n) is 8.67. The number of hydrogen-bond donors (Lipinski definition) is 2. The average Bonchev–Trinajstić information content (AvgIpc) is 3.00. The molecule has 150 valence electrons. The van der Waals surface area contributed by atoms with Crippen LogP contribution in [0.15, 0.2) is 53.4 Å². The highest BCUT2D eigenvalue weighted by atomic mass is 32.2. The van der Waals surface area contributed by atoms with Crippen molar-refractivity contribution in [2.45, 2.75) is 0 Å². The molecule has 0 saturated carbocycles. The van der Waals surface area contributed by atoms with Gasteiger partial charge >= 0.3 is 5.97 Å². The molecule has 0 aliphatic carbocycles. The highest BCUT2D eigenvalue weighted by Gasteiger charge is 2.34. The van der Waals surface area contributed by atoms with E-state index in [1.165, 1.54) is 23.1 Å². The summed E-state index contributed by atoms with van der Waals surface area (Å²) in [5, 5.41) is 19.9. The summed E-state index contributed by atoms with van der Waals surface area (Å²) in [6.45, 7) is 0. The third-order valence-electron chi connectivity index (χ3n) is 4.47. The molecule has 30 heavy (non-hydrogen) atoms. The van der Waals surface area contributed by atoms with Crippen molar-refractivity contribution in [1.29, 1.82) is 0 Å². The number of nitrogens with zero attached hydrogens (tertiary/aromatic N) is 2. The van der Waals surface area contributed by atoms with E-state index >= 15 is 0 Å². The normalized spacial score (nSPS) is 15.2. The second-order valence-corrected chi connectivity index (χ2v) is 7.97. The minimum absolute atomic E-state index is 0.256. The number of amides is 1. The number of rotatable bonds is 4. The lowest BCUT2D eigenvalue weighted by Gasteiger charge is -2.15. The number of carboxylic acids is 1. The molecule has 4 rings (SSSR count). The van der Waals surface area contributed by atoms with Crippen molar-refractivity contribution in [1.82, 2.24) is 4.98 Å². The molecular formula is C21H14N2O5S2. The van der Waals surface area contributed by atoms with Crippen LogP contribution in [0.1, 0.15) is 16.1 Å². The number of carbonyl (C=O) groups excluding carboxylic acids is 1. The number of benzene rings is 2. The van der Waals surface area contributed by atoms with Crippen LogP contribution >= 0.6 is 24.0 Å². The van der Waals surface area contributed by atoms with Crippen molar-refractivity contribution in [2.24, 2.45) is 0 Å². The maximum atomic E-state index is 12.9. The number of pyridine rings is 1. The molecule has 9 heteroatoms. The number of phenols is 1. The van der Waals surface area contributed by atoms with Gasteiger partial charge in [-0.2, -0.15) is 0 Å². The van der Waals surface area contributed by atoms with Crippen LogP contribution in [-0.2, 0) is 4.79 Å². The SMILES string of the molecule is COc1cccc2ccc(C=C3SC(=S)N(c4ccc(C(=O)O)c(O)c4)C3=O)nc12. The van der Waals surface area contributed by atoms with Crippen molar-refractivity contribution < 1.29 is 24.5 Å². The van der Waals surface area contributed by atoms with Crippen molar-refractivity contribution in [3.05, 3.63) is 64.7 Å². The summed E-state index contributed by atoms with van der Waals surface area (Å²) in [4.78, 5) is 30.2. The quantitative estimate of drug-likeness (QED) is 0.465.